The van der Waals surface area contributed by atoms with Gasteiger partial charge in [0.05, 0.1) is 5.02 Å². The molecule has 2 heterocycles. The summed E-state index contributed by atoms with van der Waals surface area (Å²) in [6.07, 6.45) is 1.94. The Kier molecular flexibility index (Phi) is 2.84. The second kappa shape index (κ2) is 4.75. The van der Waals surface area contributed by atoms with Gasteiger partial charge in [-0.05, 0) is 30.0 Å². The first-order valence-electron chi connectivity index (χ1n) is 7.07. The van der Waals surface area contributed by atoms with Crippen LogP contribution in [0, 0.1) is 6.92 Å². The van der Waals surface area contributed by atoms with Gasteiger partial charge in [0.25, 0.3) is 0 Å². The van der Waals surface area contributed by atoms with Crippen LogP contribution >= 0.6 is 11.6 Å². The van der Waals surface area contributed by atoms with Gasteiger partial charge in [-0.1, -0.05) is 48.0 Å². The average Bonchev–Trinajstić information content (AvgIpc) is 2.85. The van der Waals surface area contributed by atoms with E-state index in [-0.39, 0.29) is 0 Å². The molecule has 108 valence electrons. The minimum Gasteiger partial charge on any atom is -0.383 e. The fourth-order valence-corrected chi connectivity index (χ4v) is 3.15. The molecular weight excluding hydrogens is 294 g/mol. The number of halogens is 1. The van der Waals surface area contributed by atoms with Crippen LogP contribution in [0.1, 0.15) is 5.56 Å². The minimum absolute atomic E-state index is 0.631. The quantitative estimate of drug-likeness (QED) is 0.554. The van der Waals surface area contributed by atoms with Crippen LogP contribution < -0.4 is 5.73 Å². The third-order valence-corrected chi connectivity index (χ3v) is 4.34. The van der Waals surface area contributed by atoms with E-state index in [1.165, 1.54) is 0 Å². The molecule has 0 saturated heterocycles. The maximum Gasteiger partial charge on any atom is 0.148 e. The third-order valence-electron chi connectivity index (χ3n) is 4.02. The number of imidazole rings is 1. The molecule has 0 saturated carbocycles. The van der Waals surface area contributed by atoms with Gasteiger partial charge in [-0.15, -0.1) is 0 Å². The van der Waals surface area contributed by atoms with Crippen molar-refractivity contribution in [2.45, 2.75) is 6.92 Å². The van der Waals surface area contributed by atoms with Crippen LogP contribution in [0.3, 0.4) is 0 Å². The van der Waals surface area contributed by atoms with E-state index < -0.39 is 0 Å². The van der Waals surface area contributed by atoms with Crippen molar-refractivity contribution in [1.29, 1.82) is 0 Å². The fraction of sp³-hybridized carbons (Fsp3) is 0.0556. The lowest BCUT2D eigenvalue weighted by Crippen LogP contribution is -1.95. The van der Waals surface area contributed by atoms with E-state index in [4.69, 9.17) is 22.3 Å². The molecule has 2 N–H and O–H groups in total. The van der Waals surface area contributed by atoms with Crippen molar-refractivity contribution in [2.75, 3.05) is 5.73 Å². The molecule has 0 amide bonds. The molecule has 22 heavy (non-hydrogen) atoms. The number of benzene rings is 2. The van der Waals surface area contributed by atoms with Gasteiger partial charge in [-0.3, -0.25) is 4.40 Å². The van der Waals surface area contributed by atoms with E-state index in [9.17, 15) is 0 Å². The van der Waals surface area contributed by atoms with E-state index in [2.05, 4.69) is 13.0 Å². The summed E-state index contributed by atoms with van der Waals surface area (Å²) in [7, 11) is 0. The number of nitrogen functional groups attached to an aromatic ring is 1. The summed E-state index contributed by atoms with van der Waals surface area (Å²) >= 11 is 6.38. The Hall–Kier alpha value is -2.52. The van der Waals surface area contributed by atoms with Gasteiger partial charge in [0.2, 0.25) is 0 Å². The van der Waals surface area contributed by atoms with Crippen molar-refractivity contribution >= 4 is 33.8 Å². The molecule has 0 aliphatic carbocycles. The summed E-state index contributed by atoms with van der Waals surface area (Å²) in [4.78, 5) is 4.79. The van der Waals surface area contributed by atoms with E-state index in [0.29, 0.717) is 10.8 Å². The molecule has 0 bridgehead atoms. The maximum absolute atomic E-state index is 6.38. The summed E-state index contributed by atoms with van der Waals surface area (Å²) in [5, 5.41) is 2.67. The SMILES string of the molecule is Cc1ccccc1-c1nc2c3c(Cl)cccc3ccn2c1N. The molecule has 0 aliphatic rings. The smallest absolute Gasteiger partial charge is 0.148 e. The predicted octanol–water partition coefficient (Wildman–Crippen LogP) is 4.70. The van der Waals surface area contributed by atoms with E-state index >= 15 is 0 Å². The van der Waals surface area contributed by atoms with Gasteiger partial charge in [-0.2, -0.15) is 0 Å². The van der Waals surface area contributed by atoms with Gasteiger partial charge in [0.15, 0.2) is 0 Å². The molecule has 0 spiro atoms. The van der Waals surface area contributed by atoms with Gasteiger partial charge >= 0.3 is 0 Å². The highest BCUT2D eigenvalue weighted by Crippen LogP contribution is 2.33. The summed E-state index contributed by atoms with van der Waals surface area (Å²) < 4.78 is 1.90. The summed E-state index contributed by atoms with van der Waals surface area (Å²) in [5.41, 5.74) is 10.1. The summed E-state index contributed by atoms with van der Waals surface area (Å²) in [6.45, 7) is 2.06. The van der Waals surface area contributed by atoms with Gasteiger partial charge in [0, 0.05) is 17.1 Å². The first-order valence-corrected chi connectivity index (χ1v) is 7.45. The van der Waals surface area contributed by atoms with Crippen molar-refractivity contribution in [1.82, 2.24) is 9.38 Å². The highest BCUT2D eigenvalue weighted by Gasteiger charge is 2.15. The number of rotatable bonds is 1. The largest absolute Gasteiger partial charge is 0.383 e. The number of aromatic nitrogens is 2. The molecule has 0 atom stereocenters. The van der Waals surface area contributed by atoms with Crippen molar-refractivity contribution < 1.29 is 0 Å². The number of anilines is 1. The standard InChI is InChI=1S/C18H14ClN3/c1-11-5-2-3-7-13(11)16-17(20)22-10-9-12-6-4-8-14(19)15(12)18(22)21-16/h2-10H,20H2,1H3. The van der Waals surface area contributed by atoms with Crippen LogP contribution in [0.2, 0.25) is 5.02 Å². The molecule has 0 unspecified atom stereocenters. The molecule has 4 rings (SSSR count). The maximum atomic E-state index is 6.38. The first kappa shape index (κ1) is 13.2. The Morgan fingerprint density at radius 3 is 2.68 bits per heavy atom. The Bertz CT molecular complexity index is 1020. The Labute approximate surface area is 133 Å². The molecule has 2 aromatic heterocycles. The van der Waals surface area contributed by atoms with Crippen LogP contribution in [0.4, 0.5) is 5.82 Å². The fourth-order valence-electron chi connectivity index (χ4n) is 2.88. The first-order chi connectivity index (χ1) is 10.7. The predicted molar refractivity (Wildman–Crippen MR) is 92.3 cm³/mol. The highest BCUT2D eigenvalue weighted by atomic mass is 35.5. The Morgan fingerprint density at radius 1 is 1.05 bits per heavy atom. The zero-order valence-electron chi connectivity index (χ0n) is 12.0. The summed E-state index contributed by atoms with van der Waals surface area (Å²) in [6, 6.07) is 16.0. The van der Waals surface area contributed by atoms with Crippen molar-refractivity contribution in [3.8, 4) is 11.3 Å². The van der Waals surface area contributed by atoms with Crippen molar-refractivity contribution in [3.05, 3.63) is 65.3 Å². The second-order valence-corrected chi connectivity index (χ2v) is 5.78. The number of fused-ring (bicyclic) bond motifs is 3. The van der Waals surface area contributed by atoms with Gasteiger partial charge < -0.3 is 5.73 Å². The lowest BCUT2D eigenvalue weighted by molar-refractivity contribution is 1.21. The van der Waals surface area contributed by atoms with Crippen LogP contribution in [-0.2, 0) is 0 Å². The van der Waals surface area contributed by atoms with Crippen LogP contribution in [0.15, 0.2) is 54.7 Å². The lowest BCUT2D eigenvalue weighted by atomic mass is 10.1. The average molecular weight is 308 g/mol. The Morgan fingerprint density at radius 2 is 1.86 bits per heavy atom. The molecule has 4 aromatic rings. The number of hydrogen-bond acceptors (Lipinski definition) is 2. The molecule has 4 heteroatoms. The zero-order valence-corrected chi connectivity index (χ0v) is 12.8. The number of hydrogen-bond donors (Lipinski definition) is 1. The van der Waals surface area contributed by atoms with Crippen molar-refractivity contribution in [2.24, 2.45) is 0 Å². The van der Waals surface area contributed by atoms with Gasteiger partial charge in [-0.25, -0.2) is 4.98 Å². The molecular formula is C18H14ClN3. The molecule has 0 radical (unpaired) electrons. The van der Waals surface area contributed by atoms with Gasteiger partial charge in [0.1, 0.15) is 17.2 Å². The van der Waals surface area contributed by atoms with E-state index in [1.54, 1.807) is 0 Å². The molecule has 3 nitrogen and oxygen atoms in total. The van der Waals surface area contributed by atoms with Crippen LogP contribution in [0.25, 0.3) is 27.7 Å². The number of aryl methyl sites for hydroxylation is 1. The normalized spacial score (nSPS) is 11.4. The van der Waals surface area contributed by atoms with Crippen LogP contribution in [-0.4, -0.2) is 9.38 Å². The van der Waals surface area contributed by atoms with E-state index in [0.717, 1.165) is 33.2 Å². The second-order valence-electron chi connectivity index (χ2n) is 5.37. The minimum atomic E-state index is 0.631. The Balaban J connectivity index is 2.13. The number of pyridine rings is 1. The molecule has 2 aromatic carbocycles. The molecule has 0 aliphatic heterocycles. The molecule has 0 fully saturated rings. The van der Waals surface area contributed by atoms with E-state index in [1.807, 2.05) is 53.1 Å². The van der Waals surface area contributed by atoms with Crippen molar-refractivity contribution in [3.63, 3.8) is 0 Å². The summed E-state index contributed by atoms with van der Waals surface area (Å²) in [5.74, 6) is 0.631. The monoisotopic (exact) mass is 307 g/mol. The van der Waals surface area contributed by atoms with Crippen LogP contribution in [0.5, 0.6) is 0 Å². The topological polar surface area (TPSA) is 43.3 Å². The number of nitrogens with two attached hydrogens (primary N) is 1. The number of nitrogens with zero attached hydrogens (tertiary/aromatic N) is 2. The zero-order chi connectivity index (χ0) is 15.3. The third kappa shape index (κ3) is 1.79. The lowest BCUT2D eigenvalue weighted by Gasteiger charge is -2.03. The highest BCUT2D eigenvalue weighted by molar-refractivity contribution is 6.36.